The Labute approximate surface area is 100.0 Å². The molecule has 18 heavy (non-hydrogen) atoms. The molecule has 98 valence electrons. The summed E-state index contributed by atoms with van der Waals surface area (Å²) < 4.78 is 0. The summed E-state index contributed by atoms with van der Waals surface area (Å²) in [5, 5.41) is 55.1. The van der Waals surface area contributed by atoms with E-state index in [-0.39, 0.29) is 0 Å². The highest BCUT2D eigenvalue weighted by Gasteiger charge is 2.51. The van der Waals surface area contributed by atoms with Gasteiger partial charge in [0.15, 0.2) is 6.10 Å². The minimum atomic E-state index is -3.28. The van der Waals surface area contributed by atoms with Crippen molar-refractivity contribution >= 4 is 11.9 Å². The van der Waals surface area contributed by atoms with Crippen LogP contribution in [0, 0.1) is 0 Å². The van der Waals surface area contributed by atoms with Gasteiger partial charge in [0.2, 0.25) is 5.60 Å². The highest BCUT2D eigenvalue weighted by molar-refractivity contribution is 5.89. The van der Waals surface area contributed by atoms with E-state index in [1.54, 1.807) is 0 Å². The van der Waals surface area contributed by atoms with Gasteiger partial charge >= 0.3 is 11.9 Å². The smallest absolute Gasteiger partial charge is 0.344 e. The molecule has 0 amide bonds. The van der Waals surface area contributed by atoms with Crippen LogP contribution in [0.3, 0.4) is 0 Å². The average Bonchev–Trinajstić information content (AvgIpc) is 2.29. The largest absolute Gasteiger partial charge is 0.508 e. The number of phenols is 2. The van der Waals surface area contributed by atoms with Crippen LogP contribution in [-0.2, 0) is 15.2 Å². The Balaban J connectivity index is 3.50. The van der Waals surface area contributed by atoms with E-state index >= 15 is 0 Å². The molecule has 1 aromatic carbocycles. The first kappa shape index (κ1) is 13.7. The average molecular weight is 258 g/mol. The van der Waals surface area contributed by atoms with Crippen molar-refractivity contribution in [3.63, 3.8) is 0 Å². The van der Waals surface area contributed by atoms with Gasteiger partial charge < -0.3 is 30.6 Å². The molecule has 0 aliphatic heterocycles. The minimum absolute atomic E-state index is 0.514. The van der Waals surface area contributed by atoms with Crippen molar-refractivity contribution in [2.45, 2.75) is 11.7 Å². The third-order valence-electron chi connectivity index (χ3n) is 2.35. The maximum absolute atomic E-state index is 11.0. The molecule has 0 aromatic heterocycles. The number of carboxylic acid groups (broad SMARTS) is 2. The fourth-order valence-corrected chi connectivity index (χ4v) is 1.39. The summed E-state index contributed by atoms with van der Waals surface area (Å²) in [6, 6.07) is 2.50. The van der Waals surface area contributed by atoms with Crippen molar-refractivity contribution < 1.29 is 40.2 Å². The number of aliphatic hydroxyl groups excluding tert-OH is 1. The zero-order valence-electron chi connectivity index (χ0n) is 8.81. The monoisotopic (exact) mass is 258 g/mol. The molecule has 0 spiro atoms. The summed E-state index contributed by atoms with van der Waals surface area (Å²) >= 11 is 0. The highest BCUT2D eigenvalue weighted by Crippen LogP contribution is 2.35. The number of carboxylic acids is 2. The maximum atomic E-state index is 11.0. The summed E-state index contributed by atoms with van der Waals surface area (Å²) in [4.78, 5) is 21.6. The van der Waals surface area contributed by atoms with E-state index in [0.717, 1.165) is 12.1 Å². The summed E-state index contributed by atoms with van der Waals surface area (Å²) in [5.74, 6) is -5.38. The molecule has 0 saturated carbocycles. The molecule has 0 saturated heterocycles. The van der Waals surface area contributed by atoms with E-state index in [0.29, 0.717) is 6.07 Å². The standard InChI is InChI=1S/C10H10O8/c11-4-1-2-6(12)5(3-4)10(18,9(16)17)7(13)8(14)15/h1-3,7,11-13,18H,(H,14,15)(H,16,17). The molecule has 0 radical (unpaired) electrons. The van der Waals surface area contributed by atoms with Crippen LogP contribution in [0.2, 0.25) is 0 Å². The molecule has 2 atom stereocenters. The zero-order valence-corrected chi connectivity index (χ0v) is 8.81. The van der Waals surface area contributed by atoms with E-state index in [1.165, 1.54) is 0 Å². The molecule has 6 N–H and O–H groups in total. The van der Waals surface area contributed by atoms with Crippen LogP contribution in [0.15, 0.2) is 18.2 Å². The summed E-state index contributed by atoms with van der Waals surface area (Å²) in [6.45, 7) is 0. The van der Waals surface area contributed by atoms with E-state index < -0.39 is 40.7 Å². The van der Waals surface area contributed by atoms with Crippen LogP contribution in [0.4, 0.5) is 0 Å². The van der Waals surface area contributed by atoms with Crippen molar-refractivity contribution in [3.05, 3.63) is 23.8 Å². The lowest BCUT2D eigenvalue weighted by Gasteiger charge is -2.27. The lowest BCUT2D eigenvalue weighted by Crippen LogP contribution is -2.50. The number of rotatable bonds is 4. The molecule has 0 fully saturated rings. The normalized spacial score (nSPS) is 15.7. The quantitative estimate of drug-likeness (QED) is 0.368. The Hall–Kier alpha value is -2.32. The molecule has 1 aromatic rings. The Bertz CT molecular complexity index is 497. The molecule has 0 aliphatic rings. The number of hydrogen-bond donors (Lipinski definition) is 6. The van der Waals surface area contributed by atoms with Crippen molar-refractivity contribution in [1.29, 1.82) is 0 Å². The Morgan fingerprint density at radius 1 is 1.17 bits per heavy atom. The van der Waals surface area contributed by atoms with Gasteiger partial charge in [-0.15, -0.1) is 0 Å². The van der Waals surface area contributed by atoms with Gasteiger partial charge in [-0.1, -0.05) is 0 Å². The lowest BCUT2D eigenvalue weighted by molar-refractivity contribution is -0.185. The SMILES string of the molecule is O=C(O)C(O)C(O)(C(=O)O)c1cc(O)ccc1O. The molecular formula is C10H10O8. The second kappa shape index (κ2) is 4.51. The van der Waals surface area contributed by atoms with Gasteiger partial charge in [0.05, 0.1) is 0 Å². The number of benzene rings is 1. The first-order valence-electron chi connectivity index (χ1n) is 4.60. The van der Waals surface area contributed by atoms with Crippen LogP contribution in [0.25, 0.3) is 0 Å². The van der Waals surface area contributed by atoms with Crippen molar-refractivity contribution in [3.8, 4) is 11.5 Å². The highest BCUT2D eigenvalue weighted by atomic mass is 16.4. The van der Waals surface area contributed by atoms with Gasteiger partial charge in [-0.2, -0.15) is 0 Å². The summed E-state index contributed by atoms with van der Waals surface area (Å²) in [6.07, 6.45) is -2.72. The third-order valence-corrected chi connectivity index (χ3v) is 2.35. The first-order valence-corrected chi connectivity index (χ1v) is 4.60. The molecule has 1 rings (SSSR count). The van der Waals surface area contributed by atoms with Crippen molar-refractivity contribution in [2.24, 2.45) is 0 Å². The van der Waals surface area contributed by atoms with Crippen LogP contribution in [0.5, 0.6) is 11.5 Å². The molecule has 0 heterocycles. The number of carbonyl (C=O) groups is 2. The van der Waals surface area contributed by atoms with Gasteiger partial charge in [0.25, 0.3) is 0 Å². The number of aliphatic hydroxyl groups is 2. The number of phenolic OH excluding ortho intramolecular Hbond substituents is 2. The van der Waals surface area contributed by atoms with Crippen LogP contribution in [0.1, 0.15) is 5.56 Å². The Morgan fingerprint density at radius 2 is 1.72 bits per heavy atom. The van der Waals surface area contributed by atoms with E-state index in [4.69, 9.17) is 15.3 Å². The van der Waals surface area contributed by atoms with Gasteiger partial charge in [0.1, 0.15) is 11.5 Å². The minimum Gasteiger partial charge on any atom is -0.508 e. The number of hydrogen-bond acceptors (Lipinski definition) is 6. The van der Waals surface area contributed by atoms with Crippen LogP contribution < -0.4 is 0 Å². The summed E-state index contributed by atoms with van der Waals surface area (Å²) in [7, 11) is 0. The fourth-order valence-electron chi connectivity index (χ4n) is 1.39. The second-order valence-corrected chi connectivity index (χ2v) is 3.51. The molecule has 8 heteroatoms. The van der Waals surface area contributed by atoms with Crippen molar-refractivity contribution in [1.82, 2.24) is 0 Å². The molecule has 8 nitrogen and oxygen atoms in total. The molecule has 0 aliphatic carbocycles. The molecule has 0 bridgehead atoms. The van der Waals surface area contributed by atoms with Gasteiger partial charge in [-0.25, -0.2) is 9.59 Å². The topological polar surface area (TPSA) is 156 Å². The predicted octanol–water partition coefficient (Wildman–Crippen LogP) is -1.18. The van der Waals surface area contributed by atoms with E-state index in [2.05, 4.69) is 0 Å². The van der Waals surface area contributed by atoms with Crippen LogP contribution in [-0.4, -0.2) is 48.7 Å². The van der Waals surface area contributed by atoms with Gasteiger partial charge in [-0.05, 0) is 18.2 Å². The van der Waals surface area contributed by atoms with Gasteiger partial charge in [-0.3, -0.25) is 0 Å². The Morgan fingerprint density at radius 3 is 2.17 bits per heavy atom. The van der Waals surface area contributed by atoms with Crippen LogP contribution >= 0.6 is 0 Å². The zero-order chi connectivity index (χ0) is 14.1. The van der Waals surface area contributed by atoms with Crippen molar-refractivity contribution in [2.75, 3.05) is 0 Å². The first-order chi connectivity index (χ1) is 8.21. The number of aromatic hydroxyl groups is 2. The summed E-state index contributed by atoms with van der Waals surface area (Å²) in [5.41, 5.74) is -4.11. The third kappa shape index (κ3) is 2.06. The fraction of sp³-hybridized carbons (Fsp3) is 0.200. The lowest BCUT2D eigenvalue weighted by atomic mass is 9.87. The molecular weight excluding hydrogens is 248 g/mol. The van der Waals surface area contributed by atoms with E-state index in [1.807, 2.05) is 0 Å². The van der Waals surface area contributed by atoms with E-state index in [9.17, 15) is 24.9 Å². The molecule has 2 unspecified atom stereocenters. The maximum Gasteiger partial charge on any atom is 0.344 e. The second-order valence-electron chi connectivity index (χ2n) is 3.51. The number of aliphatic carboxylic acids is 2. The van der Waals surface area contributed by atoms with Gasteiger partial charge in [0, 0.05) is 5.56 Å². The predicted molar refractivity (Wildman–Crippen MR) is 54.9 cm³/mol. The Kier molecular flexibility index (Phi) is 3.44.